The monoisotopic (exact) mass is 247 g/mol. The second kappa shape index (κ2) is 5.88. The number of nitrogens with zero attached hydrogens (tertiary/aromatic N) is 2. The number of nitrogens with one attached hydrogen (secondary N) is 1. The molecule has 0 fully saturated rings. The predicted octanol–water partition coefficient (Wildman–Crippen LogP) is 2.69. The van der Waals surface area contributed by atoms with Crippen LogP contribution < -0.4 is 5.32 Å². The number of hydrogen-bond acceptors (Lipinski definition) is 3. The van der Waals surface area contributed by atoms with Crippen LogP contribution in [0.5, 0.6) is 0 Å². The summed E-state index contributed by atoms with van der Waals surface area (Å²) in [4.78, 5) is 18.0. The largest absolute Gasteiger partial charge is 0.297 e. The second-order valence-electron chi connectivity index (χ2n) is 2.97. The molecule has 1 aromatic heterocycles. The van der Waals surface area contributed by atoms with E-state index >= 15 is 0 Å². The van der Waals surface area contributed by atoms with Crippen molar-refractivity contribution in [3.8, 4) is 0 Å². The molecular weight excluding hydrogens is 237 g/mol. The van der Waals surface area contributed by atoms with E-state index in [1.165, 1.54) is 0 Å². The van der Waals surface area contributed by atoms with Gasteiger partial charge in [0.2, 0.25) is 12.4 Å². The summed E-state index contributed by atoms with van der Waals surface area (Å²) in [6, 6.07) is 0. The summed E-state index contributed by atoms with van der Waals surface area (Å²) in [5.41, 5.74) is 0.733. The molecule has 0 aliphatic rings. The molecule has 0 saturated heterocycles. The minimum Gasteiger partial charge on any atom is -0.297 e. The Morgan fingerprint density at radius 2 is 1.93 bits per heavy atom. The standard InChI is InChI=1S/C9H11Cl2N3O/c1-2-3-4-6-7(10)13-9(12-5-15)14-8(6)11/h5H,2-4H2,1H3,(H,12,13,14,15). The van der Waals surface area contributed by atoms with Crippen molar-refractivity contribution in [2.45, 2.75) is 26.2 Å². The van der Waals surface area contributed by atoms with E-state index in [0.717, 1.165) is 24.8 Å². The van der Waals surface area contributed by atoms with Crippen LogP contribution in [-0.4, -0.2) is 16.4 Å². The molecule has 0 radical (unpaired) electrons. The van der Waals surface area contributed by atoms with Crippen LogP contribution in [0, 0.1) is 0 Å². The van der Waals surface area contributed by atoms with E-state index in [-0.39, 0.29) is 5.95 Å². The number of carbonyl (C=O) groups excluding carboxylic acids is 1. The maximum absolute atomic E-state index is 10.2. The van der Waals surface area contributed by atoms with Gasteiger partial charge in [0.15, 0.2) is 0 Å². The van der Waals surface area contributed by atoms with Crippen molar-refractivity contribution in [1.29, 1.82) is 0 Å². The highest BCUT2D eigenvalue weighted by Crippen LogP contribution is 2.24. The second-order valence-corrected chi connectivity index (χ2v) is 3.69. The molecule has 0 spiro atoms. The van der Waals surface area contributed by atoms with Gasteiger partial charge in [0.25, 0.3) is 0 Å². The van der Waals surface area contributed by atoms with E-state index in [9.17, 15) is 4.79 Å². The minimum atomic E-state index is 0.125. The van der Waals surface area contributed by atoms with E-state index in [1.807, 2.05) is 0 Å². The Kier molecular flexibility index (Phi) is 4.78. The van der Waals surface area contributed by atoms with Crippen molar-refractivity contribution in [3.63, 3.8) is 0 Å². The van der Waals surface area contributed by atoms with Gasteiger partial charge in [0, 0.05) is 5.56 Å². The van der Waals surface area contributed by atoms with Crippen molar-refractivity contribution >= 4 is 35.6 Å². The smallest absolute Gasteiger partial charge is 0.232 e. The van der Waals surface area contributed by atoms with Gasteiger partial charge in [0.05, 0.1) is 0 Å². The van der Waals surface area contributed by atoms with Crippen molar-refractivity contribution in [3.05, 3.63) is 15.9 Å². The summed E-state index contributed by atoms with van der Waals surface area (Å²) < 4.78 is 0. The molecule has 1 rings (SSSR count). The van der Waals surface area contributed by atoms with Gasteiger partial charge in [0.1, 0.15) is 10.3 Å². The number of hydrogen-bond donors (Lipinski definition) is 1. The molecule has 1 aromatic rings. The van der Waals surface area contributed by atoms with Gasteiger partial charge in [-0.15, -0.1) is 0 Å². The molecule has 6 heteroatoms. The van der Waals surface area contributed by atoms with Gasteiger partial charge in [-0.2, -0.15) is 0 Å². The molecule has 4 nitrogen and oxygen atoms in total. The van der Waals surface area contributed by atoms with E-state index in [1.54, 1.807) is 0 Å². The van der Waals surface area contributed by atoms with Crippen molar-refractivity contribution in [1.82, 2.24) is 9.97 Å². The van der Waals surface area contributed by atoms with Crippen LogP contribution in [-0.2, 0) is 11.2 Å². The van der Waals surface area contributed by atoms with Gasteiger partial charge in [-0.3, -0.25) is 10.1 Å². The number of halogens is 2. The van der Waals surface area contributed by atoms with Crippen molar-refractivity contribution in [2.75, 3.05) is 5.32 Å². The summed E-state index contributed by atoms with van der Waals surface area (Å²) in [6.45, 7) is 2.07. The fraction of sp³-hybridized carbons (Fsp3) is 0.444. The Morgan fingerprint density at radius 3 is 2.40 bits per heavy atom. The molecule has 0 aliphatic carbocycles. The van der Waals surface area contributed by atoms with Crippen LogP contribution in [0.4, 0.5) is 5.95 Å². The molecule has 1 N–H and O–H groups in total. The number of amides is 1. The van der Waals surface area contributed by atoms with Crippen LogP contribution in [0.1, 0.15) is 25.3 Å². The lowest BCUT2D eigenvalue weighted by atomic mass is 10.1. The Labute approximate surface area is 98.0 Å². The first-order valence-electron chi connectivity index (χ1n) is 4.61. The molecule has 0 unspecified atom stereocenters. The first-order valence-corrected chi connectivity index (χ1v) is 5.36. The zero-order valence-electron chi connectivity index (χ0n) is 8.26. The van der Waals surface area contributed by atoms with Gasteiger partial charge in [-0.25, -0.2) is 9.97 Å². The van der Waals surface area contributed by atoms with Crippen LogP contribution >= 0.6 is 23.2 Å². The molecule has 0 aliphatic heterocycles. The molecule has 1 amide bonds. The molecule has 0 bridgehead atoms. The maximum Gasteiger partial charge on any atom is 0.232 e. The summed E-state index contributed by atoms with van der Waals surface area (Å²) in [7, 11) is 0. The lowest BCUT2D eigenvalue weighted by Crippen LogP contribution is -2.03. The van der Waals surface area contributed by atoms with E-state index in [2.05, 4.69) is 22.2 Å². The highest BCUT2D eigenvalue weighted by molar-refractivity contribution is 6.34. The van der Waals surface area contributed by atoms with Gasteiger partial charge >= 0.3 is 0 Å². The van der Waals surface area contributed by atoms with Gasteiger partial charge in [-0.1, -0.05) is 36.5 Å². The van der Waals surface area contributed by atoms with Crippen LogP contribution in [0.3, 0.4) is 0 Å². The number of unbranched alkanes of at least 4 members (excludes halogenated alkanes) is 1. The summed E-state index contributed by atoms with van der Waals surface area (Å²) >= 11 is 11.8. The molecule has 0 atom stereocenters. The number of carbonyl (C=O) groups is 1. The molecule has 82 valence electrons. The maximum atomic E-state index is 10.2. The SMILES string of the molecule is CCCCc1c(Cl)nc(NC=O)nc1Cl. The van der Waals surface area contributed by atoms with Crippen LogP contribution in [0.2, 0.25) is 10.3 Å². The van der Waals surface area contributed by atoms with Gasteiger partial charge < -0.3 is 0 Å². The molecule has 15 heavy (non-hydrogen) atoms. The first-order chi connectivity index (χ1) is 7.19. The average molecular weight is 248 g/mol. The van der Waals surface area contributed by atoms with E-state index < -0.39 is 0 Å². The lowest BCUT2D eigenvalue weighted by molar-refractivity contribution is -0.105. The van der Waals surface area contributed by atoms with Gasteiger partial charge in [-0.05, 0) is 12.8 Å². The minimum absolute atomic E-state index is 0.125. The third-order valence-electron chi connectivity index (χ3n) is 1.87. The van der Waals surface area contributed by atoms with E-state index in [4.69, 9.17) is 23.2 Å². The Morgan fingerprint density at radius 1 is 1.33 bits per heavy atom. The average Bonchev–Trinajstić information content (AvgIpc) is 2.17. The highest BCUT2D eigenvalue weighted by Gasteiger charge is 2.10. The Hall–Kier alpha value is -0.870. The topological polar surface area (TPSA) is 54.9 Å². The third-order valence-corrected chi connectivity index (χ3v) is 2.50. The third kappa shape index (κ3) is 3.32. The lowest BCUT2D eigenvalue weighted by Gasteiger charge is -2.06. The number of aromatic nitrogens is 2. The summed E-state index contributed by atoms with van der Waals surface area (Å²) in [6.07, 6.45) is 3.24. The normalized spacial score (nSPS) is 10.1. The van der Waals surface area contributed by atoms with E-state index in [0.29, 0.717) is 16.7 Å². The zero-order valence-corrected chi connectivity index (χ0v) is 9.77. The fourth-order valence-corrected chi connectivity index (χ4v) is 1.68. The molecule has 0 aromatic carbocycles. The van der Waals surface area contributed by atoms with Crippen LogP contribution in [0.15, 0.2) is 0 Å². The molecule has 0 saturated carbocycles. The summed E-state index contributed by atoms with van der Waals surface area (Å²) in [5, 5.41) is 2.90. The molecular formula is C9H11Cl2N3O. The highest BCUT2D eigenvalue weighted by atomic mass is 35.5. The summed E-state index contributed by atoms with van der Waals surface area (Å²) in [5.74, 6) is 0.125. The number of anilines is 1. The zero-order chi connectivity index (χ0) is 11.3. The first kappa shape index (κ1) is 12.2. The van der Waals surface area contributed by atoms with Crippen molar-refractivity contribution < 1.29 is 4.79 Å². The Balaban J connectivity index is 2.93. The predicted molar refractivity (Wildman–Crippen MR) is 60.4 cm³/mol. The van der Waals surface area contributed by atoms with Crippen molar-refractivity contribution in [2.24, 2.45) is 0 Å². The quantitative estimate of drug-likeness (QED) is 0.643. The Bertz CT molecular complexity index is 334. The van der Waals surface area contributed by atoms with Crippen LogP contribution in [0.25, 0.3) is 0 Å². The fourth-order valence-electron chi connectivity index (χ4n) is 1.11. The number of rotatable bonds is 5. The molecule has 1 heterocycles.